The van der Waals surface area contributed by atoms with Gasteiger partial charge in [-0.25, -0.2) is 0 Å². The third kappa shape index (κ3) is 5.08. The third-order valence-electron chi connectivity index (χ3n) is 4.17. The van der Waals surface area contributed by atoms with E-state index in [1.807, 2.05) is 0 Å². The Bertz CT molecular complexity index is 238. The number of allylic oxidation sites excluding steroid dienone is 1. The normalized spacial score (nSPS) is 22.9. The maximum atomic E-state index is 3.48. The average Bonchev–Trinajstić information content (AvgIpc) is 2.69. The van der Waals surface area contributed by atoms with Gasteiger partial charge in [0.1, 0.15) is 0 Å². The summed E-state index contributed by atoms with van der Waals surface area (Å²) in [6, 6.07) is 0. The molecule has 0 atom stereocenters. The van der Waals surface area contributed by atoms with E-state index >= 15 is 0 Å². The molecule has 0 aromatic carbocycles. The highest BCUT2D eigenvalue weighted by Gasteiger charge is 2.38. The number of hydrogen-bond donors (Lipinski definition) is 1. The molecule has 2 fully saturated rings. The molecule has 0 radical (unpaired) electrons. The molecule has 2 aliphatic rings. The van der Waals surface area contributed by atoms with Gasteiger partial charge >= 0.3 is 0 Å². The molecule has 4 heteroatoms. The Kier molecular flexibility index (Phi) is 9.32. The number of piperidine rings is 1. The maximum absolute atomic E-state index is 3.48. The van der Waals surface area contributed by atoms with E-state index in [1.54, 1.807) is 0 Å². The van der Waals surface area contributed by atoms with E-state index in [9.17, 15) is 0 Å². The van der Waals surface area contributed by atoms with Crippen molar-refractivity contribution in [2.24, 2.45) is 5.41 Å². The lowest BCUT2D eigenvalue weighted by Crippen LogP contribution is -2.38. The lowest BCUT2D eigenvalue weighted by molar-refractivity contribution is 0.202. The summed E-state index contributed by atoms with van der Waals surface area (Å²) < 4.78 is 0. The van der Waals surface area contributed by atoms with E-state index in [4.69, 9.17) is 0 Å². The first-order valence-corrected chi connectivity index (χ1v) is 6.93. The number of halogens is 2. The molecule has 108 valence electrons. The minimum atomic E-state index is 0. The lowest BCUT2D eigenvalue weighted by Gasteiger charge is -2.33. The molecule has 0 unspecified atom stereocenters. The molecular weight excluding hydrogens is 267 g/mol. The van der Waals surface area contributed by atoms with Gasteiger partial charge in [0.25, 0.3) is 0 Å². The molecule has 0 aromatic heterocycles. The zero-order valence-electron chi connectivity index (χ0n) is 11.5. The zero-order chi connectivity index (χ0) is 11.3. The van der Waals surface area contributed by atoms with Gasteiger partial charge in [0.05, 0.1) is 0 Å². The van der Waals surface area contributed by atoms with Crippen LogP contribution in [0.2, 0.25) is 0 Å². The van der Waals surface area contributed by atoms with Crippen molar-refractivity contribution < 1.29 is 0 Å². The molecule has 0 aliphatic carbocycles. The molecule has 2 aliphatic heterocycles. The summed E-state index contributed by atoms with van der Waals surface area (Å²) in [6.07, 6.45) is 11.4. The summed E-state index contributed by atoms with van der Waals surface area (Å²) in [5.74, 6) is 0. The number of likely N-dealkylation sites (tertiary alicyclic amines) is 1. The first-order valence-electron chi connectivity index (χ1n) is 6.93. The average molecular weight is 295 g/mol. The highest BCUT2D eigenvalue weighted by atomic mass is 35.5. The number of nitrogens with zero attached hydrogens (tertiary/aromatic N) is 1. The smallest absolute Gasteiger partial charge is 0.0163 e. The molecule has 2 saturated heterocycles. The zero-order valence-corrected chi connectivity index (χ0v) is 13.1. The van der Waals surface area contributed by atoms with Crippen LogP contribution >= 0.6 is 24.8 Å². The summed E-state index contributed by atoms with van der Waals surface area (Å²) in [7, 11) is 0. The summed E-state index contributed by atoms with van der Waals surface area (Å²) in [6.45, 7) is 8.54. The van der Waals surface area contributed by atoms with E-state index in [2.05, 4.69) is 29.3 Å². The van der Waals surface area contributed by atoms with Crippen LogP contribution in [0.3, 0.4) is 0 Å². The van der Waals surface area contributed by atoms with Gasteiger partial charge in [0, 0.05) is 13.1 Å². The van der Waals surface area contributed by atoms with Crippen LogP contribution in [0.25, 0.3) is 0 Å². The van der Waals surface area contributed by atoms with Gasteiger partial charge in [-0.05, 0) is 50.7 Å². The van der Waals surface area contributed by atoms with E-state index in [-0.39, 0.29) is 24.8 Å². The summed E-state index contributed by atoms with van der Waals surface area (Å²) >= 11 is 0. The van der Waals surface area contributed by atoms with Crippen molar-refractivity contribution in [1.29, 1.82) is 0 Å². The Morgan fingerprint density at radius 2 is 1.83 bits per heavy atom. The van der Waals surface area contributed by atoms with Crippen LogP contribution in [-0.4, -0.2) is 37.6 Å². The minimum Gasteiger partial charge on any atom is -0.317 e. The van der Waals surface area contributed by atoms with Crippen molar-refractivity contribution in [1.82, 2.24) is 10.2 Å². The quantitative estimate of drug-likeness (QED) is 0.801. The fourth-order valence-electron chi connectivity index (χ4n) is 3.06. The first kappa shape index (κ1) is 18.2. The van der Waals surface area contributed by atoms with Crippen LogP contribution in [0.5, 0.6) is 0 Å². The van der Waals surface area contributed by atoms with Gasteiger partial charge in [0.15, 0.2) is 0 Å². The summed E-state index contributed by atoms with van der Waals surface area (Å²) in [5.41, 5.74) is 0.670. The SMILES string of the molecule is CCC/C=C/CN1CCC2(CCNCC2)C1.Cl.Cl. The standard InChI is InChI=1S/C14H26N2.2ClH/c1-2-3-4-5-11-16-12-8-14(13-16)6-9-15-10-7-14;;/h4-5,15H,2-3,6-13H2,1H3;2*1H/b5-4+;;. The second-order valence-electron chi connectivity index (χ2n) is 5.50. The maximum Gasteiger partial charge on any atom is 0.0163 e. The molecule has 18 heavy (non-hydrogen) atoms. The lowest BCUT2D eigenvalue weighted by atomic mass is 9.78. The Labute approximate surface area is 124 Å². The Morgan fingerprint density at radius 3 is 2.50 bits per heavy atom. The molecule has 2 nitrogen and oxygen atoms in total. The summed E-state index contributed by atoms with van der Waals surface area (Å²) in [4.78, 5) is 2.64. The highest BCUT2D eigenvalue weighted by Crippen LogP contribution is 2.38. The van der Waals surface area contributed by atoms with Crippen LogP contribution in [0.1, 0.15) is 39.0 Å². The van der Waals surface area contributed by atoms with Gasteiger partial charge < -0.3 is 5.32 Å². The third-order valence-corrected chi connectivity index (χ3v) is 4.17. The van der Waals surface area contributed by atoms with Crippen molar-refractivity contribution in [3.63, 3.8) is 0 Å². The first-order chi connectivity index (χ1) is 7.85. The Balaban J connectivity index is 0.00000144. The van der Waals surface area contributed by atoms with Crippen molar-refractivity contribution in [3.8, 4) is 0 Å². The van der Waals surface area contributed by atoms with Gasteiger partial charge in [-0.3, -0.25) is 4.90 Å². The monoisotopic (exact) mass is 294 g/mol. The predicted molar refractivity (Wildman–Crippen MR) is 84.1 cm³/mol. The molecule has 0 saturated carbocycles. The highest BCUT2D eigenvalue weighted by molar-refractivity contribution is 5.85. The van der Waals surface area contributed by atoms with E-state index < -0.39 is 0 Å². The largest absolute Gasteiger partial charge is 0.317 e. The van der Waals surface area contributed by atoms with E-state index in [1.165, 1.54) is 64.8 Å². The predicted octanol–water partition coefficient (Wildman–Crippen LogP) is 3.26. The van der Waals surface area contributed by atoms with Gasteiger partial charge in [-0.2, -0.15) is 0 Å². The van der Waals surface area contributed by atoms with Crippen molar-refractivity contribution in [3.05, 3.63) is 12.2 Å². The van der Waals surface area contributed by atoms with Crippen molar-refractivity contribution in [2.75, 3.05) is 32.7 Å². The van der Waals surface area contributed by atoms with Crippen LogP contribution in [0.4, 0.5) is 0 Å². The molecular formula is C14H28Cl2N2. The minimum absolute atomic E-state index is 0. The van der Waals surface area contributed by atoms with Gasteiger partial charge in [-0.1, -0.05) is 25.5 Å². The fourth-order valence-corrected chi connectivity index (χ4v) is 3.06. The number of nitrogens with one attached hydrogen (secondary N) is 1. The van der Waals surface area contributed by atoms with Crippen molar-refractivity contribution in [2.45, 2.75) is 39.0 Å². The molecule has 0 amide bonds. The van der Waals surface area contributed by atoms with Crippen LogP contribution in [-0.2, 0) is 0 Å². The topological polar surface area (TPSA) is 15.3 Å². The second kappa shape index (κ2) is 9.19. The van der Waals surface area contributed by atoms with Crippen LogP contribution in [0, 0.1) is 5.41 Å². The summed E-state index contributed by atoms with van der Waals surface area (Å²) in [5, 5.41) is 3.48. The van der Waals surface area contributed by atoms with Crippen LogP contribution < -0.4 is 5.32 Å². The number of hydrogen-bond acceptors (Lipinski definition) is 2. The molecule has 2 rings (SSSR count). The van der Waals surface area contributed by atoms with Gasteiger partial charge in [0.2, 0.25) is 0 Å². The molecule has 1 N–H and O–H groups in total. The van der Waals surface area contributed by atoms with Crippen molar-refractivity contribution >= 4 is 24.8 Å². The number of rotatable bonds is 4. The van der Waals surface area contributed by atoms with Crippen LogP contribution in [0.15, 0.2) is 12.2 Å². The molecule has 2 heterocycles. The molecule has 1 spiro atoms. The Hall–Kier alpha value is 0.240. The second-order valence-corrected chi connectivity index (χ2v) is 5.50. The van der Waals surface area contributed by atoms with E-state index in [0.717, 1.165) is 0 Å². The fraction of sp³-hybridized carbons (Fsp3) is 0.857. The number of unbranched alkanes of at least 4 members (excludes halogenated alkanes) is 1. The molecule has 0 bridgehead atoms. The van der Waals surface area contributed by atoms with E-state index in [0.29, 0.717) is 5.41 Å². The molecule has 0 aromatic rings. The van der Waals surface area contributed by atoms with Gasteiger partial charge in [-0.15, -0.1) is 24.8 Å². The Morgan fingerprint density at radius 1 is 1.11 bits per heavy atom.